The van der Waals surface area contributed by atoms with Gasteiger partial charge in [0.25, 0.3) is 0 Å². The van der Waals surface area contributed by atoms with Crippen LogP contribution in [-0.2, 0) is 11.3 Å². The summed E-state index contributed by atoms with van der Waals surface area (Å²) in [7, 11) is 0. The summed E-state index contributed by atoms with van der Waals surface area (Å²) in [6, 6.07) is 12.0. The van der Waals surface area contributed by atoms with Crippen LogP contribution in [0.25, 0.3) is 11.3 Å². The lowest BCUT2D eigenvalue weighted by molar-refractivity contribution is -0.124. The normalized spacial score (nSPS) is 22.8. The Morgan fingerprint density at radius 2 is 2.04 bits per heavy atom. The van der Waals surface area contributed by atoms with Gasteiger partial charge in [-0.1, -0.05) is 57.5 Å². The van der Waals surface area contributed by atoms with Crippen molar-refractivity contribution in [2.45, 2.75) is 46.6 Å². The molecule has 0 bridgehead atoms. The van der Waals surface area contributed by atoms with Crippen molar-refractivity contribution in [2.24, 2.45) is 29.4 Å². The molecule has 3 N–H and O–H groups in total. The summed E-state index contributed by atoms with van der Waals surface area (Å²) in [4.78, 5) is 13.1. The first-order valence-electron chi connectivity index (χ1n) is 10.1. The van der Waals surface area contributed by atoms with E-state index in [2.05, 4.69) is 31.2 Å². The van der Waals surface area contributed by atoms with Gasteiger partial charge in [0.15, 0.2) is 0 Å². The van der Waals surface area contributed by atoms with Crippen molar-refractivity contribution in [1.29, 1.82) is 0 Å². The molecule has 1 aliphatic carbocycles. The zero-order valence-corrected chi connectivity index (χ0v) is 16.7. The zero-order valence-electron chi connectivity index (χ0n) is 16.7. The molecular formula is C22H32N4O. The molecule has 5 heteroatoms. The Kier molecular flexibility index (Phi) is 6.32. The molecule has 27 heavy (non-hydrogen) atoms. The molecular weight excluding hydrogens is 336 g/mol. The average Bonchev–Trinajstić information content (AvgIpc) is 3.05. The van der Waals surface area contributed by atoms with Gasteiger partial charge in [0.05, 0.1) is 12.2 Å². The molecule has 1 amide bonds. The van der Waals surface area contributed by atoms with Crippen molar-refractivity contribution in [3.05, 3.63) is 36.4 Å². The van der Waals surface area contributed by atoms with Crippen molar-refractivity contribution in [3.63, 3.8) is 0 Å². The maximum absolute atomic E-state index is 13.1. The minimum atomic E-state index is 0.0650. The number of nitrogens with two attached hydrogens (primary N) is 1. The van der Waals surface area contributed by atoms with Crippen LogP contribution in [0, 0.1) is 23.7 Å². The van der Waals surface area contributed by atoms with Crippen molar-refractivity contribution < 1.29 is 4.79 Å². The van der Waals surface area contributed by atoms with E-state index in [1.807, 2.05) is 41.1 Å². The molecule has 146 valence electrons. The van der Waals surface area contributed by atoms with Crippen molar-refractivity contribution >= 4 is 11.7 Å². The van der Waals surface area contributed by atoms with E-state index in [9.17, 15) is 4.79 Å². The third-order valence-corrected chi connectivity index (χ3v) is 5.80. The van der Waals surface area contributed by atoms with Gasteiger partial charge in [-0.15, -0.1) is 0 Å². The number of carbonyl (C=O) groups excluding carboxylic acids is 1. The summed E-state index contributed by atoms with van der Waals surface area (Å²) >= 11 is 0. The second-order valence-electron chi connectivity index (χ2n) is 8.21. The van der Waals surface area contributed by atoms with Gasteiger partial charge >= 0.3 is 0 Å². The molecule has 1 fully saturated rings. The van der Waals surface area contributed by atoms with Gasteiger partial charge in [-0.2, -0.15) is 5.10 Å². The molecule has 0 spiro atoms. The molecule has 0 saturated heterocycles. The zero-order chi connectivity index (χ0) is 19.4. The van der Waals surface area contributed by atoms with E-state index < -0.39 is 0 Å². The number of aromatic nitrogens is 2. The summed E-state index contributed by atoms with van der Waals surface area (Å²) in [6.07, 6.45) is 3.31. The smallest absolute Gasteiger partial charge is 0.228 e. The number of benzene rings is 1. The standard InChI is InChI=1S/C22H32N4O/c1-15(2)18-10-9-16(3)13-19(18)22(27)24-21-14-20(25-26(21)12-11-23)17-7-5-4-6-8-17/h4-8,14-16,18-19H,9-13,23H2,1-3H3,(H,24,27)/t16?,18-,19?/m0/s1. The minimum absolute atomic E-state index is 0.0650. The van der Waals surface area contributed by atoms with E-state index in [0.29, 0.717) is 30.8 Å². The Morgan fingerprint density at radius 1 is 1.30 bits per heavy atom. The van der Waals surface area contributed by atoms with Gasteiger partial charge in [0.2, 0.25) is 5.91 Å². The van der Waals surface area contributed by atoms with Gasteiger partial charge in [-0.3, -0.25) is 4.79 Å². The summed E-state index contributed by atoms with van der Waals surface area (Å²) in [5.41, 5.74) is 7.65. The summed E-state index contributed by atoms with van der Waals surface area (Å²) < 4.78 is 1.82. The molecule has 1 aromatic carbocycles. The Bertz CT molecular complexity index is 753. The van der Waals surface area contributed by atoms with E-state index in [0.717, 1.165) is 29.9 Å². The maximum atomic E-state index is 13.1. The summed E-state index contributed by atoms with van der Waals surface area (Å²) in [5, 5.41) is 7.83. The highest BCUT2D eigenvalue weighted by atomic mass is 16.2. The lowest BCUT2D eigenvalue weighted by atomic mass is 9.70. The predicted molar refractivity (Wildman–Crippen MR) is 110 cm³/mol. The lowest BCUT2D eigenvalue weighted by Gasteiger charge is -2.36. The number of rotatable bonds is 6. The fraction of sp³-hybridized carbons (Fsp3) is 0.545. The molecule has 1 aromatic heterocycles. The van der Waals surface area contributed by atoms with Crippen LogP contribution in [0.5, 0.6) is 0 Å². The number of nitrogens with zero attached hydrogens (tertiary/aromatic N) is 2. The van der Waals surface area contributed by atoms with Gasteiger partial charge in [-0.05, 0) is 30.6 Å². The van der Waals surface area contributed by atoms with Crippen LogP contribution in [0.1, 0.15) is 40.0 Å². The Balaban J connectivity index is 1.83. The third-order valence-electron chi connectivity index (χ3n) is 5.80. The molecule has 2 aromatic rings. The van der Waals surface area contributed by atoms with Crippen LogP contribution >= 0.6 is 0 Å². The first-order valence-corrected chi connectivity index (χ1v) is 10.1. The van der Waals surface area contributed by atoms with Crippen LogP contribution in [0.15, 0.2) is 36.4 Å². The minimum Gasteiger partial charge on any atom is -0.329 e. The number of carbonyl (C=O) groups is 1. The summed E-state index contributed by atoms with van der Waals surface area (Å²) in [6.45, 7) is 7.77. The Morgan fingerprint density at radius 3 is 2.70 bits per heavy atom. The highest BCUT2D eigenvalue weighted by Gasteiger charge is 2.35. The third kappa shape index (κ3) is 4.59. The van der Waals surface area contributed by atoms with Gasteiger partial charge < -0.3 is 11.1 Å². The number of nitrogens with one attached hydrogen (secondary N) is 1. The van der Waals surface area contributed by atoms with Crippen LogP contribution in [-0.4, -0.2) is 22.2 Å². The molecule has 1 saturated carbocycles. The predicted octanol–water partition coefficient (Wildman–Crippen LogP) is 4.16. The number of anilines is 1. The van der Waals surface area contributed by atoms with Gasteiger partial charge in [-0.25, -0.2) is 4.68 Å². The molecule has 5 nitrogen and oxygen atoms in total. The van der Waals surface area contributed by atoms with E-state index >= 15 is 0 Å². The van der Waals surface area contributed by atoms with Crippen LogP contribution in [0.4, 0.5) is 5.82 Å². The van der Waals surface area contributed by atoms with Crippen LogP contribution in [0.3, 0.4) is 0 Å². The van der Waals surface area contributed by atoms with Crippen molar-refractivity contribution in [2.75, 3.05) is 11.9 Å². The molecule has 3 atom stereocenters. The van der Waals surface area contributed by atoms with E-state index in [4.69, 9.17) is 5.73 Å². The first-order chi connectivity index (χ1) is 13.0. The van der Waals surface area contributed by atoms with Gasteiger partial charge in [0.1, 0.15) is 5.82 Å². The first kappa shape index (κ1) is 19.6. The lowest BCUT2D eigenvalue weighted by Crippen LogP contribution is -2.37. The fourth-order valence-corrected chi connectivity index (χ4v) is 4.28. The molecule has 1 heterocycles. The van der Waals surface area contributed by atoms with Crippen LogP contribution in [0.2, 0.25) is 0 Å². The Labute approximate surface area is 162 Å². The molecule has 0 aliphatic heterocycles. The SMILES string of the molecule is CC1CC[C@@H](C(C)C)C(C(=O)Nc2cc(-c3ccccc3)nn2CCN)C1. The number of amides is 1. The topological polar surface area (TPSA) is 72.9 Å². The van der Waals surface area contributed by atoms with Crippen LogP contribution < -0.4 is 11.1 Å². The Hall–Kier alpha value is -2.14. The maximum Gasteiger partial charge on any atom is 0.228 e. The van der Waals surface area contributed by atoms with Crippen molar-refractivity contribution in [3.8, 4) is 11.3 Å². The van der Waals surface area contributed by atoms with E-state index in [1.54, 1.807) is 0 Å². The second kappa shape index (κ2) is 8.70. The fourth-order valence-electron chi connectivity index (χ4n) is 4.28. The molecule has 1 aliphatic rings. The highest BCUT2D eigenvalue weighted by molar-refractivity contribution is 5.92. The van der Waals surface area contributed by atoms with E-state index in [1.165, 1.54) is 6.42 Å². The molecule has 3 rings (SSSR count). The van der Waals surface area contributed by atoms with Gasteiger partial charge in [0, 0.05) is 24.1 Å². The quantitative estimate of drug-likeness (QED) is 0.804. The molecule has 0 radical (unpaired) electrons. The average molecular weight is 369 g/mol. The second-order valence-corrected chi connectivity index (χ2v) is 8.21. The number of hydrogen-bond donors (Lipinski definition) is 2. The largest absolute Gasteiger partial charge is 0.329 e. The van der Waals surface area contributed by atoms with E-state index in [-0.39, 0.29) is 11.8 Å². The highest BCUT2D eigenvalue weighted by Crippen LogP contribution is 2.38. The van der Waals surface area contributed by atoms with Crippen molar-refractivity contribution in [1.82, 2.24) is 9.78 Å². The summed E-state index contributed by atoms with van der Waals surface area (Å²) in [5.74, 6) is 2.49. The monoisotopic (exact) mass is 368 g/mol. The number of hydrogen-bond acceptors (Lipinski definition) is 3. The molecule has 2 unspecified atom stereocenters.